The molecular formula is C16H20N2O3. The van der Waals surface area contributed by atoms with Gasteiger partial charge < -0.3 is 15.3 Å². The van der Waals surface area contributed by atoms with Crippen LogP contribution in [0.3, 0.4) is 0 Å². The molecule has 2 aliphatic rings. The molecule has 112 valence electrons. The van der Waals surface area contributed by atoms with Crippen molar-refractivity contribution in [3.05, 3.63) is 29.3 Å². The highest BCUT2D eigenvalue weighted by Gasteiger charge is 2.34. The lowest BCUT2D eigenvalue weighted by Crippen LogP contribution is -2.47. The highest BCUT2D eigenvalue weighted by molar-refractivity contribution is 5.97. The van der Waals surface area contributed by atoms with Gasteiger partial charge in [0.05, 0.1) is 5.60 Å². The zero-order valence-electron chi connectivity index (χ0n) is 12.2. The van der Waals surface area contributed by atoms with Gasteiger partial charge in [-0.05, 0) is 49.4 Å². The van der Waals surface area contributed by atoms with Gasteiger partial charge in [-0.15, -0.1) is 0 Å². The van der Waals surface area contributed by atoms with E-state index in [1.54, 1.807) is 17.9 Å². The Labute approximate surface area is 123 Å². The number of benzene rings is 1. The van der Waals surface area contributed by atoms with E-state index in [9.17, 15) is 14.7 Å². The first-order valence-corrected chi connectivity index (χ1v) is 7.40. The number of fused-ring (bicyclic) bond motifs is 1. The number of carbonyl (C=O) groups excluding carboxylic acids is 2. The second kappa shape index (κ2) is 5.15. The Morgan fingerprint density at radius 3 is 2.76 bits per heavy atom. The number of aliphatic hydroxyl groups is 1. The Balaban J connectivity index is 1.69. The molecule has 1 fully saturated rings. The molecule has 1 aromatic rings. The molecule has 0 aromatic heterocycles. The zero-order chi connectivity index (χ0) is 15.0. The molecule has 2 amide bonds. The molecule has 1 aromatic carbocycles. The maximum atomic E-state index is 12.1. The number of hydrogen-bond acceptors (Lipinski definition) is 3. The molecule has 21 heavy (non-hydrogen) atoms. The molecular weight excluding hydrogens is 268 g/mol. The van der Waals surface area contributed by atoms with Gasteiger partial charge in [0.25, 0.3) is 5.91 Å². The minimum atomic E-state index is -0.710. The smallest absolute Gasteiger partial charge is 0.251 e. The average Bonchev–Trinajstić information content (AvgIpc) is 2.85. The van der Waals surface area contributed by atoms with Crippen LogP contribution in [0.5, 0.6) is 0 Å². The molecule has 0 unspecified atom stereocenters. The van der Waals surface area contributed by atoms with Gasteiger partial charge >= 0.3 is 0 Å². The molecule has 0 saturated heterocycles. The second-order valence-electron chi connectivity index (χ2n) is 6.02. The minimum absolute atomic E-state index is 0.0261. The van der Waals surface area contributed by atoms with E-state index in [0.717, 1.165) is 36.9 Å². The molecule has 1 aliphatic heterocycles. The van der Waals surface area contributed by atoms with Crippen molar-refractivity contribution in [2.75, 3.05) is 18.0 Å². The van der Waals surface area contributed by atoms with Crippen LogP contribution in [0, 0.1) is 0 Å². The van der Waals surface area contributed by atoms with Crippen molar-refractivity contribution in [3.63, 3.8) is 0 Å². The van der Waals surface area contributed by atoms with Gasteiger partial charge in [-0.25, -0.2) is 0 Å². The average molecular weight is 288 g/mol. The van der Waals surface area contributed by atoms with Crippen molar-refractivity contribution in [3.8, 4) is 0 Å². The van der Waals surface area contributed by atoms with E-state index in [2.05, 4.69) is 5.32 Å². The Kier molecular flexibility index (Phi) is 3.45. The normalized spacial score (nSPS) is 18.9. The first-order chi connectivity index (χ1) is 9.98. The summed E-state index contributed by atoms with van der Waals surface area (Å²) < 4.78 is 0. The van der Waals surface area contributed by atoms with Crippen molar-refractivity contribution in [2.24, 2.45) is 0 Å². The molecule has 0 spiro atoms. The summed E-state index contributed by atoms with van der Waals surface area (Å²) in [6.45, 7) is 2.53. The Morgan fingerprint density at radius 1 is 1.38 bits per heavy atom. The summed E-state index contributed by atoms with van der Waals surface area (Å²) in [4.78, 5) is 25.4. The molecule has 1 saturated carbocycles. The van der Waals surface area contributed by atoms with E-state index in [4.69, 9.17) is 0 Å². The summed E-state index contributed by atoms with van der Waals surface area (Å²) in [5.41, 5.74) is 1.80. The molecule has 0 radical (unpaired) electrons. The van der Waals surface area contributed by atoms with E-state index in [-0.39, 0.29) is 11.8 Å². The lowest BCUT2D eigenvalue weighted by Gasteiger charge is -2.36. The number of rotatable bonds is 3. The van der Waals surface area contributed by atoms with Crippen LogP contribution in [-0.4, -0.2) is 35.6 Å². The van der Waals surface area contributed by atoms with E-state index >= 15 is 0 Å². The highest BCUT2D eigenvalue weighted by Crippen LogP contribution is 2.31. The maximum Gasteiger partial charge on any atom is 0.251 e. The van der Waals surface area contributed by atoms with Crippen LogP contribution in [0.2, 0.25) is 0 Å². The maximum absolute atomic E-state index is 12.1. The number of anilines is 1. The van der Waals surface area contributed by atoms with Crippen LogP contribution in [0.25, 0.3) is 0 Å². The van der Waals surface area contributed by atoms with Crippen molar-refractivity contribution >= 4 is 17.5 Å². The third-order valence-electron chi connectivity index (χ3n) is 4.48. The molecule has 0 bridgehead atoms. The SMILES string of the molecule is CC(=O)N1CCc2cc(C(=O)NCC3(O)CCC3)ccc21. The van der Waals surface area contributed by atoms with Gasteiger partial charge in [0.15, 0.2) is 0 Å². The molecule has 3 rings (SSSR count). The first-order valence-electron chi connectivity index (χ1n) is 7.40. The minimum Gasteiger partial charge on any atom is -0.388 e. The van der Waals surface area contributed by atoms with Crippen molar-refractivity contribution in [2.45, 2.75) is 38.2 Å². The second-order valence-corrected chi connectivity index (χ2v) is 6.02. The molecule has 5 heteroatoms. The van der Waals surface area contributed by atoms with Gasteiger partial charge in [-0.3, -0.25) is 9.59 Å². The quantitative estimate of drug-likeness (QED) is 0.879. The summed E-state index contributed by atoms with van der Waals surface area (Å²) in [7, 11) is 0. The third-order valence-corrected chi connectivity index (χ3v) is 4.48. The summed E-state index contributed by atoms with van der Waals surface area (Å²) >= 11 is 0. The third kappa shape index (κ3) is 2.65. The monoisotopic (exact) mass is 288 g/mol. The molecule has 0 atom stereocenters. The summed E-state index contributed by atoms with van der Waals surface area (Å²) in [5, 5.41) is 12.8. The lowest BCUT2D eigenvalue weighted by molar-refractivity contribution is -0.116. The summed E-state index contributed by atoms with van der Waals surface area (Å²) in [5.74, 6) is -0.141. The highest BCUT2D eigenvalue weighted by atomic mass is 16.3. The van der Waals surface area contributed by atoms with Gasteiger partial charge in [0.1, 0.15) is 0 Å². The number of hydrogen-bond donors (Lipinski definition) is 2. The van der Waals surface area contributed by atoms with E-state index in [1.807, 2.05) is 12.1 Å². The van der Waals surface area contributed by atoms with Gasteiger partial charge in [-0.2, -0.15) is 0 Å². The van der Waals surface area contributed by atoms with Crippen LogP contribution < -0.4 is 10.2 Å². The van der Waals surface area contributed by atoms with E-state index < -0.39 is 5.60 Å². The summed E-state index contributed by atoms with van der Waals surface area (Å²) in [6, 6.07) is 5.41. The lowest BCUT2D eigenvalue weighted by atomic mass is 9.80. The van der Waals surface area contributed by atoms with Crippen LogP contribution >= 0.6 is 0 Å². The van der Waals surface area contributed by atoms with E-state index in [0.29, 0.717) is 18.7 Å². The molecule has 1 aliphatic carbocycles. The Hall–Kier alpha value is -1.88. The topological polar surface area (TPSA) is 69.6 Å². The molecule has 2 N–H and O–H groups in total. The van der Waals surface area contributed by atoms with E-state index in [1.165, 1.54) is 0 Å². The van der Waals surface area contributed by atoms with Gasteiger partial charge in [0.2, 0.25) is 5.91 Å². The fourth-order valence-electron chi connectivity index (χ4n) is 2.98. The zero-order valence-corrected chi connectivity index (χ0v) is 12.2. The number of nitrogens with zero attached hydrogens (tertiary/aromatic N) is 1. The predicted octanol–water partition coefficient (Wildman–Crippen LogP) is 1.24. The van der Waals surface area contributed by atoms with Crippen molar-refractivity contribution < 1.29 is 14.7 Å². The number of nitrogens with one attached hydrogen (secondary N) is 1. The van der Waals surface area contributed by atoms with Gasteiger partial charge in [-0.1, -0.05) is 0 Å². The number of amides is 2. The van der Waals surface area contributed by atoms with Crippen LogP contribution in [0.1, 0.15) is 42.1 Å². The van der Waals surface area contributed by atoms with Gasteiger partial charge in [0, 0.05) is 31.3 Å². The standard InChI is InChI=1S/C16H20N2O3/c1-11(19)18-8-5-12-9-13(3-4-14(12)18)15(20)17-10-16(21)6-2-7-16/h3-4,9,21H,2,5-8,10H2,1H3,(H,17,20). The Morgan fingerprint density at radius 2 is 2.14 bits per heavy atom. The first kappa shape index (κ1) is 14.1. The van der Waals surface area contributed by atoms with Crippen molar-refractivity contribution in [1.82, 2.24) is 5.32 Å². The summed E-state index contributed by atoms with van der Waals surface area (Å²) in [6.07, 6.45) is 3.31. The van der Waals surface area contributed by atoms with Crippen LogP contribution in [-0.2, 0) is 11.2 Å². The molecule has 5 nitrogen and oxygen atoms in total. The van der Waals surface area contributed by atoms with Crippen LogP contribution in [0.4, 0.5) is 5.69 Å². The van der Waals surface area contributed by atoms with Crippen molar-refractivity contribution in [1.29, 1.82) is 0 Å². The predicted molar refractivity (Wildman–Crippen MR) is 79.3 cm³/mol. The largest absolute Gasteiger partial charge is 0.388 e. The van der Waals surface area contributed by atoms with Crippen LogP contribution in [0.15, 0.2) is 18.2 Å². The molecule has 1 heterocycles. The Bertz CT molecular complexity index is 593. The number of carbonyl (C=O) groups is 2. The fourth-order valence-corrected chi connectivity index (χ4v) is 2.98. The fraction of sp³-hybridized carbons (Fsp3) is 0.500.